The van der Waals surface area contributed by atoms with Gasteiger partial charge in [-0.2, -0.15) is 17.3 Å². The van der Waals surface area contributed by atoms with Gasteiger partial charge in [0.15, 0.2) is 0 Å². The fourth-order valence-corrected chi connectivity index (χ4v) is 3.14. The second-order valence-corrected chi connectivity index (χ2v) is 5.52. The zero-order valence-electron chi connectivity index (χ0n) is 10.4. The molecule has 0 atom stereocenters. The molecule has 0 amide bonds. The van der Waals surface area contributed by atoms with Gasteiger partial charge in [0.1, 0.15) is 0 Å². The first-order valence-electron chi connectivity index (χ1n) is 6.44. The van der Waals surface area contributed by atoms with Crippen LogP contribution in [0.3, 0.4) is 0 Å². The predicted octanol–water partition coefficient (Wildman–Crippen LogP) is 3.06. The average molecular weight is 269 g/mol. The van der Waals surface area contributed by atoms with E-state index in [9.17, 15) is 10.1 Å². The minimum absolute atomic E-state index is 0.0714. The number of nitro groups is 1. The van der Waals surface area contributed by atoms with Gasteiger partial charge in [0.2, 0.25) is 0 Å². The van der Waals surface area contributed by atoms with Gasteiger partial charge in [0, 0.05) is 5.41 Å². The van der Waals surface area contributed by atoms with E-state index < -0.39 is 4.92 Å². The highest BCUT2D eigenvalue weighted by atomic mass is 32.1. The second-order valence-electron chi connectivity index (χ2n) is 5.20. The molecular formula is C12H19N3O2S. The molecule has 2 rings (SSSR count). The van der Waals surface area contributed by atoms with Gasteiger partial charge in [-0.1, -0.05) is 25.7 Å². The molecule has 18 heavy (non-hydrogen) atoms. The smallest absolute Gasteiger partial charge is 0.358 e. The number of aromatic nitrogens is 2. The normalized spacial score (nSPS) is 19.4. The first kappa shape index (κ1) is 13.4. The monoisotopic (exact) mass is 269 g/mol. The van der Waals surface area contributed by atoms with Crippen LogP contribution in [0.2, 0.25) is 0 Å². The molecule has 1 aliphatic rings. The minimum atomic E-state index is -0.447. The molecule has 0 aromatic carbocycles. The van der Waals surface area contributed by atoms with E-state index in [1.54, 1.807) is 10.9 Å². The highest BCUT2D eigenvalue weighted by Crippen LogP contribution is 2.37. The van der Waals surface area contributed by atoms with E-state index in [1.807, 2.05) is 0 Å². The Morgan fingerprint density at radius 3 is 2.56 bits per heavy atom. The number of thiol groups is 1. The molecule has 1 aliphatic carbocycles. The maximum absolute atomic E-state index is 10.6. The molecular weight excluding hydrogens is 250 g/mol. The largest absolute Gasteiger partial charge is 0.389 e. The van der Waals surface area contributed by atoms with Crippen molar-refractivity contribution < 1.29 is 4.92 Å². The highest BCUT2D eigenvalue weighted by Gasteiger charge is 2.31. The zero-order chi connectivity index (χ0) is 13.0. The number of rotatable bonds is 4. The van der Waals surface area contributed by atoms with Crippen LogP contribution in [0.1, 0.15) is 38.5 Å². The van der Waals surface area contributed by atoms with Crippen LogP contribution < -0.4 is 0 Å². The van der Waals surface area contributed by atoms with Crippen molar-refractivity contribution in [1.82, 2.24) is 9.78 Å². The zero-order valence-corrected chi connectivity index (χ0v) is 11.3. The first-order valence-corrected chi connectivity index (χ1v) is 7.07. The van der Waals surface area contributed by atoms with Crippen molar-refractivity contribution in [3.05, 3.63) is 22.4 Å². The maximum atomic E-state index is 10.6. The lowest BCUT2D eigenvalue weighted by Gasteiger charge is -2.29. The van der Waals surface area contributed by atoms with Gasteiger partial charge < -0.3 is 10.1 Å². The Bertz CT molecular complexity index is 411. The molecule has 0 aliphatic heterocycles. The predicted molar refractivity (Wildman–Crippen MR) is 72.9 cm³/mol. The molecule has 100 valence electrons. The minimum Gasteiger partial charge on any atom is -0.358 e. The van der Waals surface area contributed by atoms with E-state index in [0.717, 1.165) is 25.1 Å². The summed E-state index contributed by atoms with van der Waals surface area (Å²) in [6.45, 7) is 0.740. The van der Waals surface area contributed by atoms with E-state index in [2.05, 4.69) is 17.7 Å². The van der Waals surface area contributed by atoms with Crippen molar-refractivity contribution in [3.8, 4) is 0 Å². The molecule has 1 aromatic heterocycles. The molecule has 1 aromatic rings. The summed E-state index contributed by atoms with van der Waals surface area (Å²) in [4.78, 5) is 10.2. The fourth-order valence-electron chi connectivity index (χ4n) is 2.72. The lowest BCUT2D eigenvalue weighted by molar-refractivity contribution is -0.389. The molecule has 0 unspecified atom stereocenters. The van der Waals surface area contributed by atoms with Crippen LogP contribution in [0.4, 0.5) is 5.82 Å². The second kappa shape index (κ2) is 5.73. The molecule has 5 nitrogen and oxygen atoms in total. The standard InChI is InChI=1S/C12H19N3O2S/c16-15(17)11-5-8-14(13-11)9-12(10-18)6-3-1-2-4-7-12/h5,8,18H,1-4,6-7,9-10H2. The van der Waals surface area contributed by atoms with Crippen LogP contribution in [0.25, 0.3) is 0 Å². The van der Waals surface area contributed by atoms with Crippen molar-refractivity contribution in [2.24, 2.45) is 5.41 Å². The molecule has 0 bridgehead atoms. The van der Waals surface area contributed by atoms with Crippen LogP contribution >= 0.6 is 12.6 Å². The van der Waals surface area contributed by atoms with Crippen molar-refractivity contribution >= 4 is 18.4 Å². The summed E-state index contributed by atoms with van der Waals surface area (Å²) < 4.78 is 1.71. The van der Waals surface area contributed by atoms with Crippen LogP contribution in [0.15, 0.2) is 12.3 Å². The van der Waals surface area contributed by atoms with Gasteiger partial charge in [-0.3, -0.25) is 0 Å². The van der Waals surface area contributed by atoms with Gasteiger partial charge in [0.05, 0.1) is 23.9 Å². The Kier molecular flexibility index (Phi) is 4.27. The third-order valence-corrected chi connectivity index (χ3v) is 4.48. The Morgan fingerprint density at radius 2 is 2.06 bits per heavy atom. The lowest BCUT2D eigenvalue weighted by Crippen LogP contribution is -2.28. The molecule has 0 spiro atoms. The topological polar surface area (TPSA) is 61.0 Å². The van der Waals surface area contributed by atoms with Gasteiger partial charge in [-0.05, 0) is 23.5 Å². The van der Waals surface area contributed by atoms with E-state index >= 15 is 0 Å². The quantitative estimate of drug-likeness (QED) is 0.395. The summed E-state index contributed by atoms with van der Waals surface area (Å²) in [6.07, 6.45) is 9.01. The number of hydrogen-bond acceptors (Lipinski definition) is 4. The van der Waals surface area contributed by atoms with Gasteiger partial charge in [0.25, 0.3) is 0 Å². The Morgan fingerprint density at radius 1 is 1.39 bits per heavy atom. The van der Waals surface area contributed by atoms with Crippen molar-refractivity contribution in [2.75, 3.05) is 5.75 Å². The van der Waals surface area contributed by atoms with Gasteiger partial charge in [-0.15, -0.1) is 0 Å². The van der Waals surface area contributed by atoms with Crippen molar-refractivity contribution in [1.29, 1.82) is 0 Å². The molecule has 1 saturated carbocycles. The van der Waals surface area contributed by atoms with Gasteiger partial charge in [-0.25, -0.2) is 0 Å². The fraction of sp³-hybridized carbons (Fsp3) is 0.750. The Balaban J connectivity index is 2.10. The molecule has 1 heterocycles. The Labute approximate surface area is 112 Å². The number of hydrogen-bond donors (Lipinski definition) is 1. The summed E-state index contributed by atoms with van der Waals surface area (Å²) in [5, 5.41) is 14.6. The van der Waals surface area contributed by atoms with Crippen molar-refractivity contribution in [3.63, 3.8) is 0 Å². The maximum Gasteiger partial charge on any atom is 0.389 e. The average Bonchev–Trinajstić information content (AvgIpc) is 2.69. The van der Waals surface area contributed by atoms with Crippen LogP contribution in [0, 0.1) is 15.5 Å². The summed E-state index contributed by atoms with van der Waals surface area (Å²) in [7, 11) is 0. The van der Waals surface area contributed by atoms with Crippen LogP contribution in [-0.4, -0.2) is 20.5 Å². The summed E-state index contributed by atoms with van der Waals surface area (Å²) >= 11 is 4.50. The first-order chi connectivity index (χ1) is 8.65. The molecule has 0 radical (unpaired) electrons. The third kappa shape index (κ3) is 3.04. The highest BCUT2D eigenvalue weighted by molar-refractivity contribution is 7.80. The summed E-state index contributed by atoms with van der Waals surface area (Å²) in [5.41, 5.74) is 0.152. The van der Waals surface area contributed by atoms with E-state index in [0.29, 0.717) is 0 Å². The van der Waals surface area contributed by atoms with E-state index in [1.165, 1.54) is 31.7 Å². The number of nitrogens with zero attached hydrogens (tertiary/aromatic N) is 3. The van der Waals surface area contributed by atoms with Crippen LogP contribution in [0.5, 0.6) is 0 Å². The van der Waals surface area contributed by atoms with Crippen molar-refractivity contribution in [2.45, 2.75) is 45.1 Å². The molecule has 0 saturated heterocycles. The third-order valence-electron chi connectivity index (χ3n) is 3.81. The molecule has 0 N–H and O–H groups in total. The molecule has 6 heteroatoms. The van der Waals surface area contributed by atoms with E-state index in [-0.39, 0.29) is 11.2 Å². The Hall–Kier alpha value is -1.04. The SMILES string of the molecule is O=[N+]([O-])c1ccn(CC2(CS)CCCCCC2)n1. The van der Waals surface area contributed by atoms with Crippen LogP contribution in [-0.2, 0) is 6.54 Å². The summed E-state index contributed by atoms with van der Waals surface area (Å²) in [6, 6.07) is 1.46. The summed E-state index contributed by atoms with van der Waals surface area (Å²) in [5.74, 6) is 0.749. The van der Waals surface area contributed by atoms with E-state index in [4.69, 9.17) is 0 Å². The van der Waals surface area contributed by atoms with Gasteiger partial charge >= 0.3 is 5.82 Å². The lowest BCUT2D eigenvalue weighted by atomic mass is 9.82. The molecule has 1 fully saturated rings.